The van der Waals surface area contributed by atoms with E-state index in [0.29, 0.717) is 31.0 Å². The first-order valence-corrected chi connectivity index (χ1v) is 10.8. The molecule has 1 aromatic heterocycles. The lowest BCUT2D eigenvalue weighted by atomic mass is 9.82. The van der Waals surface area contributed by atoms with Crippen LogP contribution in [-0.2, 0) is 22.7 Å². The molecule has 0 radical (unpaired) electrons. The summed E-state index contributed by atoms with van der Waals surface area (Å²) in [6.07, 6.45) is 4.87. The molecular formula is C22H34N4O3. The van der Waals surface area contributed by atoms with Gasteiger partial charge in [0, 0.05) is 56.8 Å². The summed E-state index contributed by atoms with van der Waals surface area (Å²) >= 11 is 0. The number of nitrogens with zero attached hydrogens (tertiary/aromatic N) is 3. The fourth-order valence-corrected chi connectivity index (χ4v) is 4.67. The van der Waals surface area contributed by atoms with E-state index in [4.69, 9.17) is 0 Å². The zero-order valence-electron chi connectivity index (χ0n) is 17.9. The third kappa shape index (κ3) is 5.07. The SMILES string of the molecule is CCCCCC(=O)N1C[C@@H]2C[C@H](C1)c1ccc(CN(C)CC(=O)NC)c(=O)n1C2. The lowest BCUT2D eigenvalue weighted by Gasteiger charge is -2.43. The molecule has 1 N–H and O–H groups in total. The number of rotatable bonds is 8. The minimum absolute atomic E-state index is 0.0451. The van der Waals surface area contributed by atoms with Crippen LogP contribution in [0.5, 0.6) is 0 Å². The second-order valence-electron chi connectivity index (χ2n) is 8.60. The van der Waals surface area contributed by atoms with E-state index in [0.717, 1.165) is 44.5 Å². The van der Waals surface area contributed by atoms with Gasteiger partial charge >= 0.3 is 0 Å². The van der Waals surface area contributed by atoms with Crippen LogP contribution < -0.4 is 10.9 Å². The van der Waals surface area contributed by atoms with Crippen molar-refractivity contribution >= 4 is 11.8 Å². The van der Waals surface area contributed by atoms with Crippen molar-refractivity contribution < 1.29 is 9.59 Å². The third-order valence-corrected chi connectivity index (χ3v) is 6.16. The predicted molar refractivity (Wildman–Crippen MR) is 113 cm³/mol. The van der Waals surface area contributed by atoms with Gasteiger partial charge in [-0.25, -0.2) is 0 Å². The lowest BCUT2D eigenvalue weighted by molar-refractivity contribution is -0.134. The minimum atomic E-state index is -0.0659. The normalized spacial score (nSPS) is 20.5. The zero-order valence-corrected chi connectivity index (χ0v) is 17.9. The molecule has 2 amide bonds. The molecule has 7 nitrogen and oxygen atoms in total. The highest BCUT2D eigenvalue weighted by atomic mass is 16.2. The average molecular weight is 403 g/mol. The van der Waals surface area contributed by atoms with Crippen LogP contribution >= 0.6 is 0 Å². The van der Waals surface area contributed by atoms with Crippen LogP contribution in [0.2, 0.25) is 0 Å². The van der Waals surface area contributed by atoms with Gasteiger partial charge in [0.15, 0.2) is 0 Å². The van der Waals surface area contributed by atoms with Crippen molar-refractivity contribution in [2.45, 2.75) is 58.0 Å². The monoisotopic (exact) mass is 402 g/mol. The Morgan fingerprint density at radius 2 is 2.00 bits per heavy atom. The molecule has 3 rings (SSSR count). The second-order valence-corrected chi connectivity index (χ2v) is 8.60. The Hall–Kier alpha value is -2.15. The quantitative estimate of drug-likeness (QED) is 0.670. The molecule has 3 heterocycles. The van der Waals surface area contributed by atoms with Gasteiger partial charge in [-0.3, -0.25) is 19.3 Å². The number of pyridine rings is 1. The summed E-state index contributed by atoms with van der Waals surface area (Å²) in [5.41, 5.74) is 1.81. The number of hydrogen-bond donors (Lipinski definition) is 1. The molecule has 160 valence electrons. The summed E-state index contributed by atoms with van der Waals surface area (Å²) in [7, 11) is 3.45. The van der Waals surface area contributed by atoms with Gasteiger partial charge in [0.2, 0.25) is 11.8 Å². The first-order valence-electron chi connectivity index (χ1n) is 10.8. The lowest BCUT2D eigenvalue weighted by Crippen LogP contribution is -2.49. The van der Waals surface area contributed by atoms with Crippen LogP contribution in [0.4, 0.5) is 0 Å². The number of likely N-dealkylation sites (tertiary alicyclic amines) is 1. The van der Waals surface area contributed by atoms with Gasteiger partial charge < -0.3 is 14.8 Å². The molecule has 0 aliphatic carbocycles. The Morgan fingerprint density at radius 3 is 2.72 bits per heavy atom. The van der Waals surface area contributed by atoms with Crippen molar-refractivity contribution in [1.82, 2.24) is 19.7 Å². The number of fused-ring (bicyclic) bond motifs is 4. The molecule has 7 heteroatoms. The molecule has 2 aliphatic rings. The zero-order chi connectivity index (χ0) is 21.0. The van der Waals surface area contributed by atoms with Gasteiger partial charge in [0.05, 0.1) is 6.54 Å². The Kier molecular flexibility index (Phi) is 7.11. The molecule has 0 spiro atoms. The van der Waals surface area contributed by atoms with Crippen LogP contribution in [-0.4, -0.2) is 59.9 Å². The molecule has 2 aliphatic heterocycles. The van der Waals surface area contributed by atoms with Crippen molar-refractivity contribution in [1.29, 1.82) is 0 Å². The Labute approximate surface area is 173 Å². The number of piperidine rings is 1. The van der Waals surface area contributed by atoms with Crippen LogP contribution in [0, 0.1) is 5.92 Å². The summed E-state index contributed by atoms with van der Waals surface area (Å²) in [4.78, 5) is 41.1. The van der Waals surface area contributed by atoms with Crippen molar-refractivity contribution in [3.05, 3.63) is 33.7 Å². The molecule has 1 fully saturated rings. The fourth-order valence-electron chi connectivity index (χ4n) is 4.67. The summed E-state index contributed by atoms with van der Waals surface area (Å²) < 4.78 is 1.92. The third-order valence-electron chi connectivity index (χ3n) is 6.16. The van der Waals surface area contributed by atoms with E-state index in [1.165, 1.54) is 0 Å². The maximum Gasteiger partial charge on any atom is 0.255 e. The van der Waals surface area contributed by atoms with Crippen LogP contribution in [0.25, 0.3) is 0 Å². The summed E-state index contributed by atoms with van der Waals surface area (Å²) in [6.45, 7) is 5.01. The summed E-state index contributed by atoms with van der Waals surface area (Å²) in [6, 6.07) is 3.95. The molecule has 29 heavy (non-hydrogen) atoms. The van der Waals surface area contributed by atoms with Gasteiger partial charge in [-0.1, -0.05) is 25.8 Å². The highest BCUT2D eigenvalue weighted by molar-refractivity contribution is 5.77. The molecule has 1 aromatic rings. The second kappa shape index (κ2) is 9.57. The molecule has 0 aromatic carbocycles. The molecule has 2 atom stereocenters. The van der Waals surface area contributed by atoms with E-state index in [1.54, 1.807) is 7.05 Å². The summed E-state index contributed by atoms with van der Waals surface area (Å²) in [5, 5.41) is 2.61. The van der Waals surface area contributed by atoms with E-state index < -0.39 is 0 Å². The van der Waals surface area contributed by atoms with Crippen LogP contribution in [0.3, 0.4) is 0 Å². The largest absolute Gasteiger partial charge is 0.358 e. The average Bonchev–Trinajstić information content (AvgIpc) is 2.70. The number of hydrogen-bond acceptors (Lipinski definition) is 4. The Bertz CT molecular complexity index is 804. The summed E-state index contributed by atoms with van der Waals surface area (Å²) in [5.74, 6) is 0.774. The fraction of sp³-hybridized carbons (Fsp3) is 0.682. The highest BCUT2D eigenvalue weighted by Crippen LogP contribution is 2.35. The van der Waals surface area contributed by atoms with E-state index >= 15 is 0 Å². The molecule has 2 bridgehead atoms. The maximum atomic E-state index is 13.1. The minimum Gasteiger partial charge on any atom is -0.358 e. The number of carbonyl (C=O) groups is 2. The van der Waals surface area contributed by atoms with Gasteiger partial charge in [-0.05, 0) is 31.9 Å². The van der Waals surface area contributed by atoms with E-state index in [9.17, 15) is 14.4 Å². The number of likely N-dealkylation sites (N-methyl/N-ethyl adjacent to an activating group) is 2. The van der Waals surface area contributed by atoms with Crippen molar-refractivity contribution in [3.63, 3.8) is 0 Å². The maximum absolute atomic E-state index is 13.1. The van der Waals surface area contributed by atoms with Gasteiger partial charge in [-0.2, -0.15) is 0 Å². The number of nitrogens with one attached hydrogen (secondary N) is 1. The Morgan fingerprint density at radius 1 is 1.21 bits per heavy atom. The predicted octanol–water partition coefficient (Wildman–Crippen LogP) is 1.55. The van der Waals surface area contributed by atoms with Crippen LogP contribution in [0.1, 0.15) is 56.2 Å². The van der Waals surface area contributed by atoms with Crippen molar-refractivity contribution in [2.75, 3.05) is 33.7 Å². The van der Waals surface area contributed by atoms with Gasteiger partial charge in [0.1, 0.15) is 0 Å². The highest BCUT2D eigenvalue weighted by Gasteiger charge is 2.36. The van der Waals surface area contributed by atoms with Crippen molar-refractivity contribution in [2.24, 2.45) is 5.92 Å². The number of unbranched alkanes of at least 4 members (excludes halogenated alkanes) is 2. The molecule has 0 unspecified atom stereocenters. The smallest absolute Gasteiger partial charge is 0.255 e. The molecule has 0 saturated carbocycles. The van der Waals surface area contributed by atoms with Gasteiger partial charge in [0.25, 0.3) is 5.56 Å². The number of aromatic nitrogens is 1. The molecular weight excluding hydrogens is 368 g/mol. The number of carbonyl (C=O) groups excluding carboxylic acids is 2. The first kappa shape index (κ1) is 21.6. The number of amides is 2. The standard InChI is InChI=1S/C22H34N4O3/c1-4-5-6-7-21(28)25-11-16-10-18(14-25)19-9-8-17(22(29)26(19)12-16)13-24(3)15-20(27)23-2/h8-9,16,18H,4-7,10-15H2,1-3H3,(H,23,27)/t16-,18+/m0/s1. The van der Waals surface area contributed by atoms with Crippen molar-refractivity contribution in [3.8, 4) is 0 Å². The Balaban J connectivity index is 1.71. The molecule has 1 saturated heterocycles. The van der Waals surface area contributed by atoms with Crippen LogP contribution in [0.15, 0.2) is 16.9 Å². The first-order chi connectivity index (χ1) is 13.9. The topological polar surface area (TPSA) is 74.7 Å². The van der Waals surface area contributed by atoms with E-state index in [-0.39, 0.29) is 29.8 Å². The van der Waals surface area contributed by atoms with Gasteiger partial charge in [-0.15, -0.1) is 0 Å². The van der Waals surface area contributed by atoms with E-state index in [2.05, 4.69) is 18.3 Å². The van der Waals surface area contributed by atoms with E-state index in [1.807, 2.05) is 27.5 Å².